The predicted octanol–water partition coefficient (Wildman–Crippen LogP) is 1.40. The number of aromatic nitrogens is 3. The molecule has 14 heavy (non-hydrogen) atoms. The Morgan fingerprint density at radius 3 is 2.43 bits per heavy atom. The summed E-state index contributed by atoms with van der Waals surface area (Å²) in [6.45, 7) is 6.02. The molecule has 0 atom stereocenters. The van der Waals surface area contributed by atoms with Gasteiger partial charge in [-0.2, -0.15) is 15.0 Å². The van der Waals surface area contributed by atoms with E-state index in [4.69, 9.17) is 17.3 Å². The minimum atomic E-state index is -0.114. The lowest BCUT2D eigenvalue weighted by molar-refractivity contribution is 0.624. The minimum absolute atomic E-state index is 0.114. The van der Waals surface area contributed by atoms with E-state index in [0.29, 0.717) is 11.8 Å². The minimum Gasteiger partial charge on any atom is -0.368 e. The van der Waals surface area contributed by atoms with E-state index < -0.39 is 0 Å². The Labute approximate surface area is 88.1 Å². The van der Waals surface area contributed by atoms with Crippen LogP contribution >= 0.6 is 11.6 Å². The summed E-state index contributed by atoms with van der Waals surface area (Å²) in [5.74, 6) is 1.35. The van der Waals surface area contributed by atoms with Crippen LogP contribution in [0.3, 0.4) is 0 Å². The maximum atomic E-state index is 5.61. The van der Waals surface area contributed by atoms with Crippen molar-refractivity contribution in [2.75, 3.05) is 11.1 Å². The fourth-order valence-electron chi connectivity index (χ4n) is 0.889. The highest BCUT2D eigenvalue weighted by Crippen LogP contribution is 2.11. The van der Waals surface area contributed by atoms with Crippen molar-refractivity contribution in [2.24, 2.45) is 0 Å². The predicted molar refractivity (Wildman–Crippen MR) is 57.2 cm³/mol. The first-order valence-electron chi connectivity index (χ1n) is 4.25. The molecule has 0 saturated heterocycles. The van der Waals surface area contributed by atoms with Gasteiger partial charge in [0.25, 0.3) is 0 Å². The number of nitrogens with two attached hydrogens (primary N) is 1. The van der Waals surface area contributed by atoms with E-state index in [0.717, 1.165) is 0 Å². The van der Waals surface area contributed by atoms with Crippen molar-refractivity contribution >= 4 is 23.5 Å². The number of alkyl halides is 1. The number of nitrogens with one attached hydrogen (secondary N) is 1. The van der Waals surface area contributed by atoms with Gasteiger partial charge in [-0.3, -0.25) is 0 Å². The molecule has 5 nitrogen and oxygen atoms in total. The molecule has 0 bridgehead atoms. The Morgan fingerprint density at radius 1 is 1.29 bits per heavy atom. The van der Waals surface area contributed by atoms with Gasteiger partial charge in [-0.05, 0) is 20.8 Å². The summed E-state index contributed by atoms with van der Waals surface area (Å²) >= 11 is 5.61. The second-order valence-electron chi connectivity index (χ2n) is 3.94. The van der Waals surface area contributed by atoms with Crippen molar-refractivity contribution in [3.63, 3.8) is 0 Å². The first kappa shape index (κ1) is 11.0. The van der Waals surface area contributed by atoms with Crippen molar-refractivity contribution in [2.45, 2.75) is 32.2 Å². The van der Waals surface area contributed by atoms with Crippen molar-refractivity contribution < 1.29 is 0 Å². The summed E-state index contributed by atoms with van der Waals surface area (Å²) < 4.78 is 0. The molecular formula is C8H14ClN5. The van der Waals surface area contributed by atoms with Crippen LogP contribution in [0.4, 0.5) is 11.9 Å². The number of nitrogen functional groups attached to an aromatic ring is 1. The number of hydrogen-bond donors (Lipinski definition) is 2. The summed E-state index contributed by atoms with van der Waals surface area (Å²) in [6.07, 6.45) is 0. The molecule has 0 radical (unpaired) electrons. The molecular weight excluding hydrogens is 202 g/mol. The van der Waals surface area contributed by atoms with Crippen LogP contribution in [0.25, 0.3) is 0 Å². The average Bonchev–Trinajstić information content (AvgIpc) is 1.99. The first-order valence-corrected chi connectivity index (χ1v) is 4.79. The molecule has 0 aromatic carbocycles. The van der Waals surface area contributed by atoms with Gasteiger partial charge in [0.15, 0.2) is 5.82 Å². The lowest BCUT2D eigenvalue weighted by Crippen LogP contribution is -2.28. The number of halogens is 1. The molecule has 3 N–H and O–H groups in total. The van der Waals surface area contributed by atoms with Gasteiger partial charge >= 0.3 is 0 Å². The first-order chi connectivity index (χ1) is 6.40. The maximum absolute atomic E-state index is 5.61. The molecule has 1 aromatic heterocycles. The molecule has 78 valence electrons. The van der Waals surface area contributed by atoms with Gasteiger partial charge in [-0.15, -0.1) is 11.6 Å². The molecule has 1 heterocycles. The van der Waals surface area contributed by atoms with E-state index in [9.17, 15) is 0 Å². The highest BCUT2D eigenvalue weighted by molar-refractivity contribution is 6.16. The van der Waals surface area contributed by atoms with E-state index in [1.807, 2.05) is 20.8 Å². The Bertz CT molecular complexity index is 320. The maximum Gasteiger partial charge on any atom is 0.228 e. The molecule has 0 aliphatic rings. The zero-order valence-electron chi connectivity index (χ0n) is 8.50. The van der Waals surface area contributed by atoms with Crippen LogP contribution in [0.1, 0.15) is 26.6 Å². The SMILES string of the molecule is CC(C)(C)Nc1nc(N)nc(CCl)n1. The van der Waals surface area contributed by atoms with Gasteiger partial charge in [-0.1, -0.05) is 0 Å². The monoisotopic (exact) mass is 215 g/mol. The number of anilines is 2. The smallest absolute Gasteiger partial charge is 0.228 e. The Kier molecular flexibility index (Phi) is 3.10. The number of hydrogen-bond acceptors (Lipinski definition) is 5. The zero-order valence-corrected chi connectivity index (χ0v) is 9.26. The van der Waals surface area contributed by atoms with Gasteiger partial charge in [-0.25, -0.2) is 0 Å². The van der Waals surface area contributed by atoms with Crippen LogP contribution < -0.4 is 11.1 Å². The van der Waals surface area contributed by atoms with Crippen molar-refractivity contribution in [1.82, 2.24) is 15.0 Å². The van der Waals surface area contributed by atoms with Crippen LogP contribution in [0.2, 0.25) is 0 Å². The Hall–Kier alpha value is -1.10. The molecule has 0 spiro atoms. The number of rotatable bonds is 2. The van der Waals surface area contributed by atoms with Crippen LogP contribution in [0, 0.1) is 0 Å². The Balaban J connectivity index is 2.92. The van der Waals surface area contributed by atoms with Crippen molar-refractivity contribution in [1.29, 1.82) is 0 Å². The van der Waals surface area contributed by atoms with Gasteiger partial charge in [0.2, 0.25) is 11.9 Å². The molecule has 0 aliphatic carbocycles. The molecule has 0 fully saturated rings. The zero-order chi connectivity index (χ0) is 10.8. The highest BCUT2D eigenvalue weighted by atomic mass is 35.5. The third kappa shape index (κ3) is 3.33. The van der Waals surface area contributed by atoms with Crippen LogP contribution in [-0.2, 0) is 5.88 Å². The summed E-state index contributed by atoms with van der Waals surface area (Å²) in [5, 5.41) is 3.10. The number of nitrogens with zero attached hydrogens (tertiary/aromatic N) is 3. The molecule has 0 unspecified atom stereocenters. The molecule has 1 aromatic rings. The van der Waals surface area contributed by atoms with E-state index in [1.165, 1.54) is 0 Å². The average molecular weight is 216 g/mol. The summed E-state index contributed by atoms with van der Waals surface area (Å²) in [5.41, 5.74) is 5.38. The third-order valence-corrected chi connectivity index (χ3v) is 1.54. The normalized spacial score (nSPS) is 11.4. The van der Waals surface area contributed by atoms with Crippen molar-refractivity contribution in [3.8, 4) is 0 Å². The molecule has 0 saturated carbocycles. The second kappa shape index (κ2) is 3.96. The molecule has 1 rings (SSSR count). The molecule has 0 amide bonds. The fraction of sp³-hybridized carbons (Fsp3) is 0.625. The van der Waals surface area contributed by atoms with Gasteiger partial charge in [0.05, 0.1) is 5.88 Å². The van der Waals surface area contributed by atoms with Gasteiger partial charge < -0.3 is 11.1 Å². The highest BCUT2D eigenvalue weighted by Gasteiger charge is 2.12. The third-order valence-electron chi connectivity index (χ3n) is 1.31. The van der Waals surface area contributed by atoms with Crippen molar-refractivity contribution in [3.05, 3.63) is 5.82 Å². The van der Waals surface area contributed by atoms with E-state index in [2.05, 4.69) is 20.3 Å². The van der Waals surface area contributed by atoms with Crippen LogP contribution in [0.5, 0.6) is 0 Å². The van der Waals surface area contributed by atoms with Gasteiger partial charge in [0, 0.05) is 5.54 Å². The summed E-state index contributed by atoms with van der Waals surface area (Å²) in [6, 6.07) is 0. The summed E-state index contributed by atoms with van der Waals surface area (Å²) in [4.78, 5) is 11.9. The Morgan fingerprint density at radius 2 is 1.93 bits per heavy atom. The van der Waals surface area contributed by atoms with E-state index >= 15 is 0 Å². The lowest BCUT2D eigenvalue weighted by Gasteiger charge is -2.20. The van der Waals surface area contributed by atoms with Crippen LogP contribution in [0.15, 0.2) is 0 Å². The van der Waals surface area contributed by atoms with Crippen LogP contribution in [-0.4, -0.2) is 20.5 Å². The van der Waals surface area contributed by atoms with E-state index in [-0.39, 0.29) is 17.4 Å². The molecule has 0 aliphatic heterocycles. The van der Waals surface area contributed by atoms with Gasteiger partial charge in [0.1, 0.15) is 0 Å². The quantitative estimate of drug-likeness (QED) is 0.730. The molecule has 6 heteroatoms. The standard InChI is InChI=1S/C8H14ClN5/c1-8(2,3)14-7-12-5(4-9)11-6(10)13-7/h4H2,1-3H3,(H3,10,11,12,13,14). The topological polar surface area (TPSA) is 76.7 Å². The fourth-order valence-corrected chi connectivity index (χ4v) is 1.01. The largest absolute Gasteiger partial charge is 0.368 e. The lowest BCUT2D eigenvalue weighted by atomic mass is 10.1. The second-order valence-corrected chi connectivity index (χ2v) is 4.21. The van der Waals surface area contributed by atoms with E-state index in [1.54, 1.807) is 0 Å². The summed E-state index contributed by atoms with van der Waals surface area (Å²) in [7, 11) is 0.